The van der Waals surface area contributed by atoms with E-state index in [1.54, 1.807) is 4.90 Å². The molecule has 1 fully saturated rings. The van der Waals surface area contributed by atoms with Gasteiger partial charge in [-0.2, -0.15) is 13.2 Å². The van der Waals surface area contributed by atoms with Gasteiger partial charge in [0.1, 0.15) is 0 Å². The molecule has 1 saturated heterocycles. The smallest absolute Gasteiger partial charge is 0.343 e. The van der Waals surface area contributed by atoms with Gasteiger partial charge in [0, 0.05) is 37.5 Å². The Morgan fingerprint density at radius 2 is 1.96 bits per heavy atom. The molecule has 1 aliphatic rings. The van der Waals surface area contributed by atoms with E-state index >= 15 is 0 Å². The monoisotopic (exact) mass is 377 g/mol. The first-order valence-corrected chi connectivity index (χ1v) is 8.50. The molecule has 8 heteroatoms. The molecule has 0 aliphatic carbocycles. The van der Waals surface area contributed by atoms with E-state index in [1.165, 1.54) is 36.7 Å². The maximum Gasteiger partial charge on any atom is 0.416 e. The molecule has 0 bridgehead atoms. The summed E-state index contributed by atoms with van der Waals surface area (Å²) in [5, 5.41) is 2.75. The predicted molar refractivity (Wildman–Crippen MR) is 91.7 cm³/mol. The number of pyridine rings is 1. The van der Waals surface area contributed by atoms with Crippen molar-refractivity contribution in [2.24, 2.45) is 0 Å². The van der Waals surface area contributed by atoms with Crippen molar-refractivity contribution in [3.8, 4) is 0 Å². The number of alkyl halides is 3. The summed E-state index contributed by atoms with van der Waals surface area (Å²) in [6, 6.07) is 7.08. The molecule has 1 aliphatic heterocycles. The van der Waals surface area contributed by atoms with Crippen LogP contribution < -0.4 is 5.32 Å². The molecule has 0 unspecified atom stereocenters. The third-order valence-electron chi connectivity index (χ3n) is 4.44. The second kappa shape index (κ2) is 7.77. The number of carbonyl (C=O) groups is 2. The van der Waals surface area contributed by atoms with Gasteiger partial charge in [-0.25, -0.2) is 0 Å². The highest BCUT2D eigenvalue weighted by Gasteiger charge is 2.32. The maximum absolute atomic E-state index is 13.1. The number of aromatic nitrogens is 1. The Kier molecular flexibility index (Phi) is 5.43. The van der Waals surface area contributed by atoms with E-state index in [0.717, 1.165) is 12.1 Å². The molecular weight excluding hydrogens is 359 g/mol. The number of rotatable bonds is 5. The molecule has 0 radical (unpaired) electrons. The Morgan fingerprint density at radius 3 is 2.59 bits per heavy atom. The third kappa shape index (κ3) is 4.64. The number of halogens is 3. The zero-order valence-corrected chi connectivity index (χ0v) is 14.4. The fourth-order valence-corrected chi connectivity index (χ4v) is 3.03. The summed E-state index contributed by atoms with van der Waals surface area (Å²) in [6.45, 7) is 0.649. The molecule has 1 aromatic carbocycles. The normalized spacial score (nSPS) is 15.7. The molecule has 1 aromatic heterocycles. The zero-order chi connectivity index (χ0) is 19.4. The summed E-state index contributed by atoms with van der Waals surface area (Å²) in [6.07, 6.45) is -0.463. The summed E-state index contributed by atoms with van der Waals surface area (Å²) in [5.74, 6) is -0.503. The lowest BCUT2D eigenvalue weighted by molar-refractivity contribution is -0.137. The zero-order valence-electron chi connectivity index (χ0n) is 14.4. The topological polar surface area (TPSA) is 62.3 Å². The van der Waals surface area contributed by atoms with Crippen LogP contribution in [0.5, 0.6) is 0 Å². The van der Waals surface area contributed by atoms with Gasteiger partial charge in [0.25, 0.3) is 5.91 Å². The number of hydrogen-bond acceptors (Lipinski definition) is 3. The minimum atomic E-state index is -4.49. The second-order valence-corrected chi connectivity index (χ2v) is 6.33. The molecule has 2 amide bonds. The molecule has 1 N–H and O–H groups in total. The van der Waals surface area contributed by atoms with Gasteiger partial charge in [0.05, 0.1) is 11.6 Å². The second-order valence-electron chi connectivity index (χ2n) is 6.33. The average Bonchev–Trinajstić information content (AvgIpc) is 3.06. The molecule has 142 valence electrons. The first kappa shape index (κ1) is 18.9. The highest BCUT2D eigenvalue weighted by Crippen LogP contribution is 2.31. The van der Waals surface area contributed by atoms with Gasteiger partial charge in [-0.1, -0.05) is 12.1 Å². The Bertz CT molecular complexity index is 824. The van der Waals surface area contributed by atoms with Gasteiger partial charge < -0.3 is 10.2 Å². The van der Waals surface area contributed by atoms with E-state index in [1.807, 2.05) is 0 Å². The molecule has 27 heavy (non-hydrogen) atoms. The summed E-state index contributed by atoms with van der Waals surface area (Å²) in [4.78, 5) is 29.9. The van der Waals surface area contributed by atoms with Crippen LogP contribution in [0.4, 0.5) is 13.2 Å². The lowest BCUT2D eigenvalue weighted by Gasteiger charge is -2.26. The van der Waals surface area contributed by atoms with E-state index in [0.29, 0.717) is 30.5 Å². The molecule has 1 atom stereocenters. The molecular formula is C19H18F3N3O2. The summed E-state index contributed by atoms with van der Waals surface area (Å²) >= 11 is 0. The minimum Gasteiger partial charge on any atom is -0.343 e. The lowest BCUT2D eigenvalue weighted by Crippen LogP contribution is -2.38. The van der Waals surface area contributed by atoms with Crippen LogP contribution in [0.15, 0.2) is 48.8 Å². The minimum absolute atomic E-state index is 0.0647. The van der Waals surface area contributed by atoms with Gasteiger partial charge >= 0.3 is 6.18 Å². The highest BCUT2D eigenvalue weighted by atomic mass is 19.4. The van der Waals surface area contributed by atoms with Crippen molar-refractivity contribution in [3.63, 3.8) is 0 Å². The average molecular weight is 377 g/mol. The van der Waals surface area contributed by atoms with Crippen LogP contribution in [0, 0.1) is 0 Å². The van der Waals surface area contributed by atoms with E-state index < -0.39 is 23.7 Å². The SMILES string of the molecule is O=C(N[C@@H](CN1CCCC1=O)c1cccc(C(F)(F)F)c1)c1ccncc1. The van der Waals surface area contributed by atoms with Crippen LogP contribution in [-0.4, -0.2) is 34.8 Å². The molecule has 2 aromatic rings. The molecule has 2 heterocycles. The lowest BCUT2D eigenvalue weighted by atomic mass is 10.0. The number of carbonyl (C=O) groups excluding carboxylic acids is 2. The number of hydrogen-bond donors (Lipinski definition) is 1. The molecule has 5 nitrogen and oxygen atoms in total. The number of amides is 2. The Hall–Kier alpha value is -2.90. The van der Waals surface area contributed by atoms with Crippen molar-refractivity contribution < 1.29 is 22.8 Å². The third-order valence-corrected chi connectivity index (χ3v) is 4.44. The molecule has 3 rings (SSSR count). The van der Waals surface area contributed by atoms with Crippen LogP contribution in [0.25, 0.3) is 0 Å². The van der Waals surface area contributed by atoms with Crippen molar-refractivity contribution in [1.82, 2.24) is 15.2 Å². The van der Waals surface area contributed by atoms with E-state index in [9.17, 15) is 22.8 Å². The van der Waals surface area contributed by atoms with Crippen LogP contribution >= 0.6 is 0 Å². The number of nitrogens with one attached hydrogen (secondary N) is 1. The predicted octanol–water partition coefficient (Wildman–Crippen LogP) is 3.19. The highest BCUT2D eigenvalue weighted by molar-refractivity contribution is 5.94. The van der Waals surface area contributed by atoms with Gasteiger partial charge in [-0.05, 0) is 36.2 Å². The van der Waals surface area contributed by atoms with Crippen molar-refractivity contribution in [2.45, 2.75) is 25.1 Å². The number of nitrogens with zero attached hydrogens (tertiary/aromatic N) is 2. The van der Waals surface area contributed by atoms with E-state index in [4.69, 9.17) is 0 Å². The van der Waals surface area contributed by atoms with Crippen molar-refractivity contribution in [2.75, 3.05) is 13.1 Å². The van der Waals surface area contributed by atoms with Crippen LogP contribution in [0.1, 0.15) is 40.4 Å². The first-order valence-electron chi connectivity index (χ1n) is 8.50. The quantitative estimate of drug-likeness (QED) is 0.871. The van der Waals surface area contributed by atoms with Crippen molar-refractivity contribution in [1.29, 1.82) is 0 Å². The van der Waals surface area contributed by atoms with E-state index in [-0.39, 0.29) is 12.5 Å². The fourth-order valence-electron chi connectivity index (χ4n) is 3.03. The summed E-state index contributed by atoms with van der Waals surface area (Å²) in [5.41, 5.74) is -0.155. The van der Waals surface area contributed by atoms with Crippen molar-refractivity contribution >= 4 is 11.8 Å². The van der Waals surface area contributed by atoms with Gasteiger partial charge in [-0.3, -0.25) is 14.6 Å². The van der Waals surface area contributed by atoms with Gasteiger partial charge in [0.15, 0.2) is 0 Å². The largest absolute Gasteiger partial charge is 0.416 e. The first-order chi connectivity index (χ1) is 12.8. The van der Waals surface area contributed by atoms with Gasteiger partial charge in [0.2, 0.25) is 5.91 Å². The Balaban J connectivity index is 1.87. The Labute approximate surface area is 154 Å². The fraction of sp³-hybridized carbons (Fsp3) is 0.316. The van der Waals surface area contributed by atoms with E-state index in [2.05, 4.69) is 10.3 Å². The number of benzene rings is 1. The Morgan fingerprint density at radius 1 is 1.22 bits per heavy atom. The van der Waals surface area contributed by atoms with Crippen LogP contribution in [0.2, 0.25) is 0 Å². The van der Waals surface area contributed by atoms with Crippen LogP contribution in [-0.2, 0) is 11.0 Å². The van der Waals surface area contributed by atoms with Gasteiger partial charge in [-0.15, -0.1) is 0 Å². The molecule has 0 saturated carbocycles. The van der Waals surface area contributed by atoms with Crippen LogP contribution in [0.3, 0.4) is 0 Å². The summed E-state index contributed by atoms with van der Waals surface area (Å²) in [7, 11) is 0. The standard InChI is InChI=1S/C19H18F3N3O2/c20-19(21,22)15-4-1-3-14(11-15)16(12-25-10-2-5-17(25)26)24-18(27)13-6-8-23-9-7-13/h1,3-4,6-9,11,16H,2,5,10,12H2,(H,24,27)/t16-/m0/s1. The molecule has 0 spiro atoms. The maximum atomic E-state index is 13.1. The number of likely N-dealkylation sites (tertiary alicyclic amines) is 1. The van der Waals surface area contributed by atoms with Crippen molar-refractivity contribution in [3.05, 3.63) is 65.5 Å². The summed E-state index contributed by atoms with van der Waals surface area (Å²) < 4.78 is 39.2.